The molecule has 0 aromatic carbocycles. The minimum absolute atomic E-state index is 0.0222. The third-order valence-corrected chi connectivity index (χ3v) is 4.87. The highest BCUT2D eigenvalue weighted by molar-refractivity contribution is 8.02. The zero-order chi connectivity index (χ0) is 11.4. The van der Waals surface area contributed by atoms with E-state index in [0.29, 0.717) is 0 Å². The quantitative estimate of drug-likeness (QED) is 0.731. The van der Waals surface area contributed by atoms with E-state index < -0.39 is 4.99 Å². The zero-order valence-electron chi connectivity index (χ0n) is 9.54. The maximum Gasteiger partial charge on any atom is 0.236 e. The summed E-state index contributed by atoms with van der Waals surface area (Å²) in [6, 6.07) is 0. The zero-order valence-corrected chi connectivity index (χ0v) is 10.4. The number of fused-ring (bicyclic) bond motifs is 1. The first-order valence-corrected chi connectivity index (χ1v) is 6.18. The van der Waals surface area contributed by atoms with Gasteiger partial charge in [-0.05, 0) is 20.3 Å². The first-order valence-electron chi connectivity index (χ1n) is 5.37. The van der Waals surface area contributed by atoms with Crippen LogP contribution >= 0.6 is 11.8 Å². The number of hydrogen-bond acceptors (Lipinski definition) is 3. The number of thioether (sulfide) groups is 1. The molecule has 0 bridgehead atoms. The number of carbonyl (C=O) groups is 1. The molecular weight excluding hydrogens is 208 g/mol. The van der Waals surface area contributed by atoms with Gasteiger partial charge in [0.15, 0.2) is 4.99 Å². The van der Waals surface area contributed by atoms with Crippen molar-refractivity contribution in [2.45, 2.75) is 43.4 Å². The van der Waals surface area contributed by atoms with Gasteiger partial charge in [-0.2, -0.15) is 0 Å². The van der Waals surface area contributed by atoms with Crippen LogP contribution in [-0.2, 0) is 4.79 Å². The highest BCUT2D eigenvalue weighted by atomic mass is 32.2. The van der Waals surface area contributed by atoms with Gasteiger partial charge in [0.1, 0.15) is 0 Å². The molecule has 2 N–H and O–H groups in total. The summed E-state index contributed by atoms with van der Waals surface area (Å²) in [5.41, 5.74) is 7.16. The van der Waals surface area contributed by atoms with Crippen molar-refractivity contribution in [2.24, 2.45) is 11.7 Å². The molecule has 2 fully saturated rings. The Bertz CT molecular complexity index is 339. The molecule has 2 aliphatic rings. The molecule has 2 heterocycles. The van der Waals surface area contributed by atoms with Crippen LogP contribution < -0.4 is 5.73 Å². The first-order chi connectivity index (χ1) is 6.84. The maximum atomic E-state index is 11.9. The van der Waals surface area contributed by atoms with Crippen molar-refractivity contribution in [3.8, 4) is 0 Å². The van der Waals surface area contributed by atoms with Gasteiger partial charge in [-0.1, -0.05) is 19.9 Å². The summed E-state index contributed by atoms with van der Waals surface area (Å²) in [5.74, 6) is 0.133. The Labute approximate surface area is 95.1 Å². The Balaban J connectivity index is 2.29. The number of β-lactam (4-membered cyclic amide) rings is 1. The number of carbonyl (C=O) groups excluding carboxylic acids is 1. The van der Waals surface area contributed by atoms with Gasteiger partial charge in [-0.3, -0.25) is 15.4 Å². The Morgan fingerprint density at radius 1 is 1.60 bits per heavy atom. The van der Waals surface area contributed by atoms with Gasteiger partial charge in [0.2, 0.25) is 5.91 Å². The van der Waals surface area contributed by atoms with Gasteiger partial charge in [-0.15, -0.1) is 11.8 Å². The van der Waals surface area contributed by atoms with Gasteiger partial charge >= 0.3 is 0 Å². The topological polar surface area (TPSA) is 46.3 Å². The van der Waals surface area contributed by atoms with Gasteiger partial charge in [0.25, 0.3) is 0 Å². The van der Waals surface area contributed by atoms with Gasteiger partial charge < -0.3 is 0 Å². The van der Waals surface area contributed by atoms with Crippen LogP contribution in [0.3, 0.4) is 0 Å². The summed E-state index contributed by atoms with van der Waals surface area (Å²) in [6.07, 6.45) is 1.87. The van der Waals surface area contributed by atoms with Crippen molar-refractivity contribution in [1.29, 1.82) is 0 Å². The molecule has 0 aromatic rings. The van der Waals surface area contributed by atoms with Crippen LogP contribution in [0.15, 0.2) is 12.3 Å². The summed E-state index contributed by atoms with van der Waals surface area (Å²) in [6.45, 7) is 10.2. The monoisotopic (exact) mass is 226 g/mol. The Morgan fingerprint density at radius 2 is 2.20 bits per heavy atom. The van der Waals surface area contributed by atoms with E-state index in [1.54, 1.807) is 16.7 Å². The van der Waals surface area contributed by atoms with Crippen molar-refractivity contribution >= 4 is 17.7 Å². The van der Waals surface area contributed by atoms with E-state index in [-0.39, 0.29) is 16.6 Å². The smallest absolute Gasteiger partial charge is 0.236 e. The minimum Gasteiger partial charge on any atom is -0.299 e. The Hall–Kier alpha value is -0.480. The molecule has 84 valence electrons. The van der Waals surface area contributed by atoms with Crippen molar-refractivity contribution in [3.63, 3.8) is 0 Å². The predicted molar refractivity (Wildman–Crippen MR) is 63.0 cm³/mol. The highest BCUT2D eigenvalue weighted by Crippen LogP contribution is 2.60. The fourth-order valence-corrected chi connectivity index (χ4v) is 4.09. The molecule has 15 heavy (non-hydrogen) atoms. The number of hydrogen-bond donors (Lipinski definition) is 1. The van der Waals surface area contributed by atoms with E-state index in [0.717, 1.165) is 18.5 Å². The van der Waals surface area contributed by atoms with E-state index in [4.69, 9.17) is 5.73 Å². The molecular formula is C11H18N2OS. The molecule has 1 amide bonds. The average Bonchev–Trinajstić information content (AvgIpc) is 2.28. The minimum atomic E-state index is -0.520. The van der Waals surface area contributed by atoms with Crippen LogP contribution in [0.25, 0.3) is 0 Å². The van der Waals surface area contributed by atoms with E-state index in [2.05, 4.69) is 27.4 Å². The number of nitrogens with two attached hydrogens (primary N) is 1. The van der Waals surface area contributed by atoms with Crippen molar-refractivity contribution in [1.82, 2.24) is 4.90 Å². The maximum absolute atomic E-state index is 11.9. The molecule has 0 radical (unpaired) electrons. The van der Waals surface area contributed by atoms with Crippen molar-refractivity contribution < 1.29 is 4.79 Å². The lowest BCUT2D eigenvalue weighted by atomic mass is 9.87. The van der Waals surface area contributed by atoms with E-state index in [1.165, 1.54) is 0 Å². The second-order valence-corrected chi connectivity index (χ2v) is 6.70. The molecule has 4 heteroatoms. The highest BCUT2D eigenvalue weighted by Gasteiger charge is 2.66. The summed E-state index contributed by atoms with van der Waals surface area (Å²) < 4.78 is -0.118. The van der Waals surface area contributed by atoms with Crippen LogP contribution in [0, 0.1) is 5.92 Å². The molecule has 2 atom stereocenters. The number of nitrogens with zero attached hydrogens (tertiary/aromatic N) is 1. The lowest BCUT2D eigenvalue weighted by Gasteiger charge is -2.50. The van der Waals surface area contributed by atoms with E-state index in [1.807, 2.05) is 0 Å². The summed E-state index contributed by atoms with van der Waals surface area (Å²) in [4.78, 5) is 13.1. The fraction of sp³-hybridized carbons (Fsp3) is 0.727. The van der Waals surface area contributed by atoms with Gasteiger partial charge in [0, 0.05) is 5.70 Å². The predicted octanol–water partition coefficient (Wildman–Crippen LogP) is 1.90. The first kappa shape index (κ1) is 11.0. The van der Waals surface area contributed by atoms with E-state index in [9.17, 15) is 4.79 Å². The Morgan fingerprint density at radius 3 is 2.73 bits per heavy atom. The SMILES string of the molecule is C=C1N2C(=O)[C@@H](CCC)[C@]2(N)SC1(C)C. The molecule has 0 saturated carbocycles. The summed E-state index contributed by atoms with van der Waals surface area (Å²) in [5, 5.41) is 0. The van der Waals surface area contributed by atoms with Crippen molar-refractivity contribution in [2.75, 3.05) is 0 Å². The normalized spacial score (nSPS) is 37.9. The molecule has 0 unspecified atom stereocenters. The molecule has 2 rings (SSSR count). The molecule has 0 aliphatic carbocycles. The van der Waals surface area contributed by atoms with Crippen LogP contribution in [-0.4, -0.2) is 20.5 Å². The van der Waals surface area contributed by atoms with Crippen LogP contribution in [0.2, 0.25) is 0 Å². The van der Waals surface area contributed by atoms with Crippen LogP contribution in [0.5, 0.6) is 0 Å². The van der Waals surface area contributed by atoms with E-state index >= 15 is 0 Å². The Kier molecular flexibility index (Phi) is 2.21. The van der Waals surface area contributed by atoms with Crippen molar-refractivity contribution in [3.05, 3.63) is 12.3 Å². The lowest BCUT2D eigenvalue weighted by molar-refractivity contribution is -0.154. The van der Waals surface area contributed by atoms with Gasteiger partial charge in [0.05, 0.1) is 10.7 Å². The molecule has 0 spiro atoms. The second-order valence-electron chi connectivity index (χ2n) is 4.83. The summed E-state index contributed by atoms with van der Waals surface area (Å²) >= 11 is 1.66. The molecule has 2 aliphatic heterocycles. The third-order valence-electron chi connectivity index (χ3n) is 3.33. The van der Waals surface area contributed by atoms with Crippen LogP contribution in [0.1, 0.15) is 33.6 Å². The average molecular weight is 226 g/mol. The third kappa shape index (κ3) is 1.21. The molecule has 0 aromatic heterocycles. The lowest BCUT2D eigenvalue weighted by Crippen LogP contribution is -2.70. The molecule has 3 nitrogen and oxygen atoms in total. The second kappa shape index (κ2) is 3.01. The summed E-state index contributed by atoms with van der Waals surface area (Å²) in [7, 11) is 0. The number of rotatable bonds is 2. The van der Waals surface area contributed by atoms with Crippen LogP contribution in [0.4, 0.5) is 0 Å². The molecule has 2 saturated heterocycles. The fourth-order valence-electron chi connectivity index (χ4n) is 2.41. The standard InChI is InChI=1S/C11H18N2OS/c1-5-6-8-9(14)13-7(2)10(3,4)15-11(8,13)12/h8H,2,5-6,12H2,1,3-4H3/t8-,11-/m1/s1. The van der Waals surface area contributed by atoms with Gasteiger partial charge in [-0.25, -0.2) is 0 Å². The number of amides is 1. The largest absolute Gasteiger partial charge is 0.299 e.